The summed E-state index contributed by atoms with van der Waals surface area (Å²) in [5, 5.41) is 3.52. The largest absolute Gasteiger partial charge is 0.384 e. The van der Waals surface area contributed by atoms with Crippen LogP contribution < -0.4 is 11.1 Å². The molecule has 0 amide bonds. The zero-order chi connectivity index (χ0) is 15.2. The summed E-state index contributed by atoms with van der Waals surface area (Å²) in [7, 11) is 0. The van der Waals surface area contributed by atoms with Crippen LogP contribution in [0.2, 0.25) is 0 Å². The number of nitrogens with one attached hydrogen (secondary N) is 1. The lowest BCUT2D eigenvalue weighted by molar-refractivity contribution is 0.527. The topological polar surface area (TPSA) is 50.9 Å². The van der Waals surface area contributed by atoms with E-state index in [1.165, 1.54) is 6.07 Å². The van der Waals surface area contributed by atoms with E-state index in [9.17, 15) is 4.39 Å². The van der Waals surface area contributed by atoms with Crippen LogP contribution in [0.25, 0.3) is 0 Å². The lowest BCUT2D eigenvalue weighted by Gasteiger charge is -2.20. The summed E-state index contributed by atoms with van der Waals surface area (Å²) in [4.78, 5) is 4.02. The summed E-state index contributed by atoms with van der Waals surface area (Å²) in [6, 6.07) is 9.29. The minimum absolute atomic E-state index is 0.144. The molecule has 4 heteroatoms. The molecule has 0 bridgehead atoms. The Labute approximate surface area is 125 Å². The number of hydrogen-bond acceptors (Lipinski definition) is 3. The van der Waals surface area contributed by atoms with Crippen molar-refractivity contribution in [2.45, 2.75) is 32.7 Å². The molecule has 0 aliphatic rings. The van der Waals surface area contributed by atoms with Crippen molar-refractivity contribution < 1.29 is 4.39 Å². The van der Waals surface area contributed by atoms with Crippen molar-refractivity contribution in [2.24, 2.45) is 0 Å². The van der Waals surface area contributed by atoms with Gasteiger partial charge in [0, 0.05) is 12.2 Å². The van der Waals surface area contributed by atoms with Gasteiger partial charge in [-0.3, -0.25) is 0 Å². The first-order valence-corrected chi connectivity index (χ1v) is 7.30. The first kappa shape index (κ1) is 15.4. The van der Waals surface area contributed by atoms with Gasteiger partial charge in [0.25, 0.3) is 0 Å². The minimum Gasteiger partial charge on any atom is -0.384 e. The van der Waals surface area contributed by atoms with E-state index in [2.05, 4.69) is 17.2 Å². The number of aromatic nitrogens is 1. The molecule has 0 spiro atoms. The van der Waals surface area contributed by atoms with Gasteiger partial charge >= 0.3 is 0 Å². The average molecular weight is 287 g/mol. The second-order valence-electron chi connectivity index (χ2n) is 5.31. The van der Waals surface area contributed by atoms with Gasteiger partial charge in [0.1, 0.15) is 11.6 Å². The van der Waals surface area contributed by atoms with Crippen LogP contribution >= 0.6 is 0 Å². The molecule has 0 aliphatic carbocycles. The second kappa shape index (κ2) is 7.18. The van der Waals surface area contributed by atoms with Crippen LogP contribution in [0.4, 0.5) is 10.2 Å². The van der Waals surface area contributed by atoms with Gasteiger partial charge in [0.15, 0.2) is 0 Å². The van der Waals surface area contributed by atoms with Gasteiger partial charge in [-0.2, -0.15) is 0 Å². The van der Waals surface area contributed by atoms with Gasteiger partial charge in [-0.05, 0) is 61.2 Å². The number of rotatable bonds is 6. The molecular weight excluding hydrogens is 265 g/mol. The number of nitrogen functional groups attached to an aromatic ring is 1. The molecule has 1 heterocycles. The van der Waals surface area contributed by atoms with E-state index in [-0.39, 0.29) is 11.9 Å². The maximum absolute atomic E-state index is 13.4. The first-order chi connectivity index (χ1) is 10.1. The number of aryl methyl sites for hydroxylation is 1. The summed E-state index contributed by atoms with van der Waals surface area (Å²) in [6.07, 6.45) is 3.57. The third-order valence-electron chi connectivity index (χ3n) is 3.51. The Hall–Kier alpha value is -1.94. The molecule has 1 unspecified atom stereocenters. The van der Waals surface area contributed by atoms with Crippen LogP contribution in [0.1, 0.15) is 36.1 Å². The summed E-state index contributed by atoms with van der Waals surface area (Å²) in [5.74, 6) is 0.359. The fourth-order valence-corrected chi connectivity index (χ4v) is 2.37. The Kier molecular flexibility index (Phi) is 5.28. The van der Waals surface area contributed by atoms with Crippen LogP contribution in [0, 0.1) is 12.7 Å². The van der Waals surface area contributed by atoms with Gasteiger partial charge in [-0.1, -0.05) is 19.1 Å². The Balaban J connectivity index is 2.22. The fourth-order valence-electron chi connectivity index (χ4n) is 2.37. The third-order valence-corrected chi connectivity index (χ3v) is 3.51. The molecule has 2 rings (SSSR count). The van der Waals surface area contributed by atoms with E-state index in [4.69, 9.17) is 5.73 Å². The smallest absolute Gasteiger partial charge is 0.126 e. The SMILES string of the molecule is CCCNC(Cc1ccnc(N)c1)c1ccc(F)c(C)c1. The number of nitrogens with zero attached hydrogens (tertiary/aromatic N) is 1. The highest BCUT2D eigenvalue weighted by Gasteiger charge is 2.13. The first-order valence-electron chi connectivity index (χ1n) is 7.30. The van der Waals surface area contributed by atoms with Crippen molar-refractivity contribution in [1.82, 2.24) is 10.3 Å². The van der Waals surface area contributed by atoms with Crippen LogP contribution in [0.5, 0.6) is 0 Å². The Morgan fingerprint density at radius 3 is 2.76 bits per heavy atom. The zero-order valence-electron chi connectivity index (χ0n) is 12.6. The fraction of sp³-hybridized carbons (Fsp3) is 0.353. The molecular formula is C17H22FN3. The molecule has 112 valence electrons. The number of hydrogen-bond donors (Lipinski definition) is 2. The van der Waals surface area contributed by atoms with Crippen LogP contribution in [0.3, 0.4) is 0 Å². The van der Waals surface area contributed by atoms with Crippen LogP contribution in [-0.4, -0.2) is 11.5 Å². The summed E-state index contributed by atoms with van der Waals surface area (Å²) >= 11 is 0. The van der Waals surface area contributed by atoms with Gasteiger partial charge in [-0.25, -0.2) is 9.37 Å². The minimum atomic E-state index is -0.166. The molecule has 1 atom stereocenters. The lowest BCUT2D eigenvalue weighted by atomic mass is 9.97. The lowest BCUT2D eigenvalue weighted by Crippen LogP contribution is -2.24. The van der Waals surface area contributed by atoms with Gasteiger partial charge < -0.3 is 11.1 Å². The van der Waals surface area contributed by atoms with Gasteiger partial charge in [0.05, 0.1) is 0 Å². The number of anilines is 1. The normalized spacial score (nSPS) is 12.3. The highest BCUT2D eigenvalue weighted by Crippen LogP contribution is 2.21. The molecule has 21 heavy (non-hydrogen) atoms. The standard InChI is InChI=1S/C17H22FN3/c1-3-7-20-16(10-13-6-8-21-17(19)11-13)14-4-5-15(18)12(2)9-14/h4-6,8-9,11,16,20H,3,7,10H2,1-2H3,(H2,19,21). The van der Waals surface area contributed by atoms with E-state index in [1.807, 2.05) is 24.3 Å². The van der Waals surface area contributed by atoms with Crippen LogP contribution in [0.15, 0.2) is 36.5 Å². The zero-order valence-corrected chi connectivity index (χ0v) is 12.6. The summed E-state index contributed by atoms with van der Waals surface area (Å²) in [5.41, 5.74) is 8.63. The van der Waals surface area contributed by atoms with E-state index < -0.39 is 0 Å². The number of benzene rings is 1. The summed E-state index contributed by atoms with van der Waals surface area (Å²) in [6.45, 7) is 4.84. The number of pyridine rings is 1. The van der Waals surface area contributed by atoms with Gasteiger partial charge in [-0.15, -0.1) is 0 Å². The van der Waals surface area contributed by atoms with E-state index in [1.54, 1.807) is 13.1 Å². The maximum atomic E-state index is 13.4. The summed E-state index contributed by atoms with van der Waals surface area (Å²) < 4.78 is 13.4. The van der Waals surface area contributed by atoms with Crippen molar-refractivity contribution in [3.8, 4) is 0 Å². The Morgan fingerprint density at radius 1 is 1.29 bits per heavy atom. The van der Waals surface area contributed by atoms with E-state index in [0.717, 1.165) is 30.5 Å². The molecule has 0 saturated carbocycles. The highest BCUT2D eigenvalue weighted by molar-refractivity contribution is 5.34. The number of nitrogens with two attached hydrogens (primary N) is 1. The highest BCUT2D eigenvalue weighted by atomic mass is 19.1. The molecule has 0 saturated heterocycles. The Morgan fingerprint density at radius 2 is 2.10 bits per heavy atom. The van der Waals surface area contributed by atoms with Crippen molar-refractivity contribution in [1.29, 1.82) is 0 Å². The predicted molar refractivity (Wildman–Crippen MR) is 84.5 cm³/mol. The molecule has 0 radical (unpaired) electrons. The predicted octanol–water partition coefficient (Wildman–Crippen LogP) is 3.39. The van der Waals surface area contributed by atoms with Crippen molar-refractivity contribution in [3.05, 3.63) is 59.0 Å². The molecule has 3 nitrogen and oxygen atoms in total. The molecule has 0 fully saturated rings. The quantitative estimate of drug-likeness (QED) is 0.856. The van der Waals surface area contributed by atoms with Gasteiger partial charge in [0.2, 0.25) is 0 Å². The van der Waals surface area contributed by atoms with E-state index >= 15 is 0 Å². The molecule has 3 N–H and O–H groups in total. The van der Waals surface area contributed by atoms with Crippen LogP contribution in [-0.2, 0) is 6.42 Å². The average Bonchev–Trinajstić information content (AvgIpc) is 2.46. The van der Waals surface area contributed by atoms with E-state index in [0.29, 0.717) is 11.4 Å². The Bertz CT molecular complexity index is 598. The van der Waals surface area contributed by atoms with Crippen molar-refractivity contribution in [3.63, 3.8) is 0 Å². The molecule has 1 aromatic heterocycles. The number of halogens is 1. The van der Waals surface area contributed by atoms with Crippen molar-refractivity contribution >= 4 is 5.82 Å². The molecule has 2 aromatic rings. The monoisotopic (exact) mass is 287 g/mol. The third kappa shape index (κ3) is 4.26. The second-order valence-corrected chi connectivity index (χ2v) is 5.31. The molecule has 0 aliphatic heterocycles. The van der Waals surface area contributed by atoms with Crippen molar-refractivity contribution in [2.75, 3.05) is 12.3 Å². The maximum Gasteiger partial charge on any atom is 0.126 e. The molecule has 1 aromatic carbocycles.